The predicted molar refractivity (Wildman–Crippen MR) is 111 cm³/mol. The SMILES string of the molecule is COc1ccc(C2=N/C(=C\c3ccc(OCc4ccccc4F)cc3)C(=O)O2)cc1. The van der Waals surface area contributed by atoms with Gasteiger partial charge in [-0.3, -0.25) is 0 Å². The van der Waals surface area contributed by atoms with Crippen LogP contribution in [0, 0.1) is 5.82 Å². The quantitative estimate of drug-likeness (QED) is 0.440. The van der Waals surface area contributed by atoms with Gasteiger partial charge in [0.05, 0.1) is 7.11 Å². The number of rotatable bonds is 6. The maximum Gasteiger partial charge on any atom is 0.363 e. The number of hydrogen-bond acceptors (Lipinski definition) is 5. The van der Waals surface area contributed by atoms with Gasteiger partial charge in [0.2, 0.25) is 5.90 Å². The van der Waals surface area contributed by atoms with E-state index in [0.717, 1.165) is 5.56 Å². The maximum atomic E-state index is 13.7. The molecule has 150 valence electrons. The second kappa shape index (κ2) is 8.61. The van der Waals surface area contributed by atoms with Crippen molar-refractivity contribution in [2.45, 2.75) is 6.61 Å². The lowest BCUT2D eigenvalue weighted by Crippen LogP contribution is -2.05. The van der Waals surface area contributed by atoms with Crippen LogP contribution in [0.15, 0.2) is 83.5 Å². The van der Waals surface area contributed by atoms with Crippen LogP contribution in [0.3, 0.4) is 0 Å². The van der Waals surface area contributed by atoms with Gasteiger partial charge in [-0.1, -0.05) is 30.3 Å². The number of benzene rings is 3. The van der Waals surface area contributed by atoms with Crippen molar-refractivity contribution in [2.75, 3.05) is 7.11 Å². The Kier molecular flexibility index (Phi) is 5.57. The minimum Gasteiger partial charge on any atom is -0.497 e. The van der Waals surface area contributed by atoms with Crippen molar-refractivity contribution in [3.05, 3.63) is 101 Å². The average Bonchev–Trinajstić information content (AvgIpc) is 3.14. The smallest absolute Gasteiger partial charge is 0.363 e. The Morgan fingerprint density at radius 2 is 1.67 bits per heavy atom. The van der Waals surface area contributed by atoms with E-state index in [9.17, 15) is 9.18 Å². The number of carbonyl (C=O) groups is 1. The Labute approximate surface area is 173 Å². The summed E-state index contributed by atoms with van der Waals surface area (Å²) in [5, 5.41) is 0. The van der Waals surface area contributed by atoms with E-state index in [1.165, 1.54) is 6.07 Å². The van der Waals surface area contributed by atoms with E-state index in [2.05, 4.69) is 4.99 Å². The molecule has 0 unspecified atom stereocenters. The molecule has 1 aliphatic heterocycles. The van der Waals surface area contributed by atoms with Crippen LogP contribution in [0.1, 0.15) is 16.7 Å². The Morgan fingerprint density at radius 3 is 2.37 bits per heavy atom. The molecule has 0 amide bonds. The van der Waals surface area contributed by atoms with Crippen molar-refractivity contribution in [3.8, 4) is 11.5 Å². The van der Waals surface area contributed by atoms with Crippen molar-refractivity contribution in [3.63, 3.8) is 0 Å². The summed E-state index contributed by atoms with van der Waals surface area (Å²) in [6, 6.07) is 20.6. The van der Waals surface area contributed by atoms with Gasteiger partial charge >= 0.3 is 5.97 Å². The number of ether oxygens (including phenoxy) is 3. The summed E-state index contributed by atoms with van der Waals surface area (Å²) in [4.78, 5) is 16.4. The predicted octanol–water partition coefficient (Wildman–Crippen LogP) is 4.76. The Morgan fingerprint density at radius 1 is 0.967 bits per heavy atom. The summed E-state index contributed by atoms with van der Waals surface area (Å²) < 4.78 is 29.7. The van der Waals surface area contributed by atoms with Crippen LogP contribution < -0.4 is 9.47 Å². The molecule has 4 rings (SSSR count). The maximum absolute atomic E-state index is 13.7. The molecule has 6 heteroatoms. The summed E-state index contributed by atoms with van der Waals surface area (Å²) >= 11 is 0. The normalized spacial score (nSPS) is 14.4. The van der Waals surface area contributed by atoms with Crippen molar-refractivity contribution in [2.24, 2.45) is 4.99 Å². The number of nitrogens with zero attached hydrogens (tertiary/aromatic N) is 1. The standard InChI is InChI=1S/C24H18FNO4/c1-28-19-12-8-17(9-13-19)23-26-22(24(27)30-23)14-16-6-10-20(11-7-16)29-15-18-4-2-3-5-21(18)25/h2-14H,15H2,1H3/b22-14-. The first-order valence-corrected chi connectivity index (χ1v) is 9.25. The van der Waals surface area contributed by atoms with Gasteiger partial charge in [-0.25, -0.2) is 14.2 Å². The van der Waals surface area contributed by atoms with Crippen LogP contribution >= 0.6 is 0 Å². The van der Waals surface area contributed by atoms with Crippen LogP contribution in [0.5, 0.6) is 11.5 Å². The number of methoxy groups -OCH3 is 1. The molecular weight excluding hydrogens is 385 g/mol. The molecule has 0 spiro atoms. The van der Waals surface area contributed by atoms with Gasteiger partial charge in [0.1, 0.15) is 23.9 Å². The van der Waals surface area contributed by atoms with E-state index in [1.807, 2.05) is 0 Å². The van der Waals surface area contributed by atoms with Crippen LogP contribution in [0.25, 0.3) is 6.08 Å². The van der Waals surface area contributed by atoms with Gasteiger partial charge < -0.3 is 14.2 Å². The molecule has 0 aliphatic carbocycles. The lowest BCUT2D eigenvalue weighted by atomic mass is 10.2. The van der Waals surface area contributed by atoms with Gasteiger partial charge in [0.15, 0.2) is 5.70 Å². The number of carbonyl (C=O) groups excluding carboxylic acids is 1. The van der Waals surface area contributed by atoms with E-state index in [-0.39, 0.29) is 24.0 Å². The van der Waals surface area contributed by atoms with E-state index in [1.54, 1.807) is 79.9 Å². The Hall–Kier alpha value is -3.93. The number of aliphatic imine (C=N–C) groups is 1. The van der Waals surface area contributed by atoms with Gasteiger partial charge in [-0.2, -0.15) is 0 Å². The van der Waals surface area contributed by atoms with E-state index >= 15 is 0 Å². The molecule has 0 fully saturated rings. The molecule has 3 aromatic rings. The molecule has 0 radical (unpaired) electrons. The lowest BCUT2D eigenvalue weighted by molar-refractivity contribution is -0.129. The second-order valence-electron chi connectivity index (χ2n) is 6.51. The van der Waals surface area contributed by atoms with Crippen molar-refractivity contribution >= 4 is 17.9 Å². The van der Waals surface area contributed by atoms with Crippen LogP contribution in [-0.2, 0) is 16.1 Å². The molecule has 5 nitrogen and oxygen atoms in total. The third-order valence-corrected chi connectivity index (χ3v) is 4.49. The first-order valence-electron chi connectivity index (χ1n) is 9.25. The largest absolute Gasteiger partial charge is 0.497 e. The minimum absolute atomic E-state index is 0.134. The molecule has 0 saturated carbocycles. The fraction of sp³-hybridized carbons (Fsp3) is 0.0833. The zero-order chi connectivity index (χ0) is 20.9. The molecule has 1 heterocycles. The van der Waals surface area contributed by atoms with Crippen LogP contribution in [-0.4, -0.2) is 19.0 Å². The molecule has 0 atom stereocenters. The Bertz CT molecular complexity index is 1120. The lowest BCUT2D eigenvalue weighted by Gasteiger charge is -2.07. The van der Waals surface area contributed by atoms with Gasteiger partial charge in [-0.05, 0) is 54.1 Å². The highest BCUT2D eigenvalue weighted by atomic mass is 19.1. The van der Waals surface area contributed by atoms with Crippen molar-refractivity contribution in [1.82, 2.24) is 0 Å². The molecular formula is C24H18FNO4. The topological polar surface area (TPSA) is 57.1 Å². The van der Waals surface area contributed by atoms with Gasteiger partial charge in [0, 0.05) is 11.1 Å². The van der Waals surface area contributed by atoms with E-state index in [4.69, 9.17) is 14.2 Å². The third kappa shape index (κ3) is 4.38. The monoisotopic (exact) mass is 403 g/mol. The number of hydrogen-bond donors (Lipinski definition) is 0. The summed E-state index contributed by atoms with van der Waals surface area (Å²) in [6.07, 6.45) is 1.64. The van der Waals surface area contributed by atoms with Gasteiger partial charge in [0.25, 0.3) is 0 Å². The molecule has 0 bridgehead atoms. The number of halogens is 1. The molecule has 0 aromatic heterocycles. The van der Waals surface area contributed by atoms with E-state index < -0.39 is 5.97 Å². The molecule has 0 saturated heterocycles. The van der Waals surface area contributed by atoms with Gasteiger partial charge in [-0.15, -0.1) is 0 Å². The summed E-state index contributed by atoms with van der Waals surface area (Å²) in [6.45, 7) is 0.134. The average molecular weight is 403 g/mol. The minimum atomic E-state index is -0.513. The van der Waals surface area contributed by atoms with Crippen molar-refractivity contribution < 1.29 is 23.4 Å². The third-order valence-electron chi connectivity index (χ3n) is 4.49. The molecule has 3 aromatic carbocycles. The fourth-order valence-corrected chi connectivity index (χ4v) is 2.86. The summed E-state index contributed by atoms with van der Waals surface area (Å²) in [5.74, 6) is 0.733. The zero-order valence-corrected chi connectivity index (χ0v) is 16.2. The number of cyclic esters (lactones) is 1. The van der Waals surface area contributed by atoms with Crippen LogP contribution in [0.4, 0.5) is 4.39 Å². The summed E-state index contributed by atoms with van der Waals surface area (Å²) in [7, 11) is 1.58. The highest BCUT2D eigenvalue weighted by molar-refractivity contribution is 6.12. The van der Waals surface area contributed by atoms with E-state index in [0.29, 0.717) is 22.6 Å². The van der Waals surface area contributed by atoms with Crippen LogP contribution in [0.2, 0.25) is 0 Å². The molecule has 1 aliphatic rings. The Balaban J connectivity index is 1.45. The first-order chi connectivity index (χ1) is 14.6. The molecule has 30 heavy (non-hydrogen) atoms. The zero-order valence-electron chi connectivity index (χ0n) is 16.2. The second-order valence-corrected chi connectivity index (χ2v) is 6.51. The first kappa shape index (κ1) is 19.4. The summed E-state index contributed by atoms with van der Waals surface area (Å²) in [5.41, 5.74) is 2.14. The fourth-order valence-electron chi connectivity index (χ4n) is 2.86. The van der Waals surface area contributed by atoms with Crippen molar-refractivity contribution in [1.29, 1.82) is 0 Å². The molecule has 0 N–H and O–H groups in total. The highest BCUT2D eigenvalue weighted by Crippen LogP contribution is 2.22. The number of esters is 1. The highest BCUT2D eigenvalue weighted by Gasteiger charge is 2.24.